The maximum absolute atomic E-state index is 11.1. The normalized spacial score (nSPS) is 10.9. The van der Waals surface area contributed by atoms with E-state index in [0.717, 1.165) is 69.2 Å². The molecule has 8 aromatic rings. The molecule has 0 unspecified atom stereocenters. The number of esters is 1. The summed E-state index contributed by atoms with van der Waals surface area (Å²) in [4.78, 5) is 47.1. The molecule has 0 spiro atoms. The smallest absolute Gasteiger partial charge is 1.00 e. The van der Waals surface area contributed by atoms with Crippen LogP contribution in [-0.2, 0) is 57.4 Å². The van der Waals surface area contributed by atoms with Crippen molar-refractivity contribution < 1.29 is 93.9 Å². The Bertz CT molecular complexity index is 2790. The van der Waals surface area contributed by atoms with Gasteiger partial charge in [0, 0.05) is 69.7 Å². The van der Waals surface area contributed by atoms with Crippen molar-refractivity contribution in [3.05, 3.63) is 150 Å². The van der Waals surface area contributed by atoms with Crippen LogP contribution >= 0.6 is 32.4 Å². The number of aromatic amines is 3. The van der Waals surface area contributed by atoms with Crippen LogP contribution in [0.15, 0.2) is 127 Å². The van der Waals surface area contributed by atoms with Gasteiger partial charge in [-0.1, -0.05) is 87.1 Å². The molecule has 0 atom stereocenters. The summed E-state index contributed by atoms with van der Waals surface area (Å²) in [6.45, 7) is 5.57. The summed E-state index contributed by atoms with van der Waals surface area (Å²) in [5.41, 5.74) is 8.55. The van der Waals surface area contributed by atoms with Crippen LogP contribution in [-0.4, -0.2) is 72.0 Å². The summed E-state index contributed by atoms with van der Waals surface area (Å²) in [5, 5.41) is 4.73. The fourth-order valence-corrected chi connectivity index (χ4v) is 7.08. The molecule has 66 heavy (non-hydrogen) atoms. The monoisotopic (exact) mass is 1070 g/mol. The van der Waals surface area contributed by atoms with E-state index in [9.17, 15) is 22.6 Å². The quantitative estimate of drug-likeness (QED) is 0.0229. The van der Waals surface area contributed by atoms with Crippen molar-refractivity contribution in [2.45, 2.75) is 53.5 Å². The number of rotatable bonds is 10. The van der Waals surface area contributed by atoms with Gasteiger partial charge < -0.3 is 25.7 Å². The van der Waals surface area contributed by atoms with Crippen LogP contribution in [0.4, 0.5) is 0 Å². The molecule has 4 aromatic carbocycles. The van der Waals surface area contributed by atoms with Gasteiger partial charge in [-0.3, -0.25) is 13.5 Å². The van der Waals surface area contributed by atoms with Crippen LogP contribution < -0.4 is 51.4 Å². The number of ether oxygens (including phenoxy) is 1. The fourth-order valence-electron chi connectivity index (χ4n) is 6.51. The number of benzene rings is 4. The first kappa shape index (κ1) is 59.7. The number of carbonyl (C=O) groups excluding carboxylic acids is 4. The molecular weight excluding hydrogens is 1020 g/mol. The molecular formula is C49H57IKN4O9PS. The maximum atomic E-state index is 11.1. The number of H-pyrrole nitrogens is 3. The van der Waals surface area contributed by atoms with Gasteiger partial charge in [-0.2, -0.15) is 18.0 Å². The Morgan fingerprint density at radius 3 is 1.82 bits per heavy atom. The predicted octanol–water partition coefficient (Wildman–Crippen LogP) is 8.47. The van der Waals surface area contributed by atoms with Crippen molar-refractivity contribution in [3.63, 3.8) is 0 Å². The third-order valence-electron chi connectivity index (χ3n) is 9.19. The first-order chi connectivity index (χ1) is 30.5. The van der Waals surface area contributed by atoms with Crippen molar-refractivity contribution in [3.8, 4) is 0 Å². The second-order valence-electron chi connectivity index (χ2n) is 13.9. The number of fused-ring (bicyclic) bond motifs is 6. The van der Waals surface area contributed by atoms with Gasteiger partial charge in [0.2, 0.25) is 0 Å². The van der Waals surface area contributed by atoms with Crippen LogP contribution in [0.1, 0.15) is 63.1 Å². The zero-order chi connectivity index (χ0) is 45.5. The van der Waals surface area contributed by atoms with Gasteiger partial charge in [0.15, 0.2) is 14.7 Å². The molecule has 5 heterocycles. The Balaban J connectivity index is 0.000000813. The minimum absolute atomic E-state index is 0. The van der Waals surface area contributed by atoms with Crippen LogP contribution in [0.5, 0.6) is 0 Å². The summed E-state index contributed by atoms with van der Waals surface area (Å²) >= 11 is 0. The zero-order valence-electron chi connectivity index (χ0n) is 37.8. The van der Waals surface area contributed by atoms with Gasteiger partial charge in [0.05, 0.1) is 25.2 Å². The zero-order valence-corrected chi connectivity index (χ0v) is 44.0. The standard InChI is InChI=1S/C13H13NO2.C11H13NO3S.C11H11N.C9H7NO.C3H7OP.CO2.CH4.HI.K.H/c1-2-16-13(15)8-7-11-9-10-5-3-4-6-12(10)14-11;1-16(13,14)15-7-6-10-8-9-4-2-3-5-11(9)12-10;1-2-6-11-9(4-1)8-10-5-3-7-12(10)11;11-6-8-5-7-3-1-2-4-9(7)10-8;1-2-3-5-4;2-1-3;;;;/h3-9,14H,2H2,1H3;2-5,8,12H,6-7H2,1H3;1-2,4,6,8H,3,5,7H2;1-6,10H;2-3H2,1H3;;1H4;1H;;/q;;;;;;;;+1;-1/b8-7+;;;;;;;;;. The SMILES string of the molecule is C.CCCP=O.CCOC(=O)/C=C/c1cc2ccccc2[nH]1.CS(=O)(=O)OCCc1cc2ccccc2[nH]1.I.O=C=O.O=Cc1cc2ccccc2[nH]1.[H-].[K+].c1ccc2c(c1)cc1n2CCC1. The van der Waals surface area contributed by atoms with E-state index in [1.54, 1.807) is 13.0 Å². The molecule has 1 aliphatic heterocycles. The van der Waals surface area contributed by atoms with Crippen molar-refractivity contribution >= 4 is 111 Å². The van der Waals surface area contributed by atoms with E-state index >= 15 is 0 Å². The van der Waals surface area contributed by atoms with Crippen LogP contribution in [0.25, 0.3) is 49.7 Å². The third-order valence-corrected chi connectivity index (χ3v) is 10.4. The number of para-hydroxylation sites is 4. The van der Waals surface area contributed by atoms with E-state index in [4.69, 9.17) is 14.3 Å². The van der Waals surface area contributed by atoms with Crippen molar-refractivity contribution in [2.75, 3.05) is 25.6 Å². The molecule has 346 valence electrons. The number of nitrogens with zero attached hydrogens (tertiary/aromatic N) is 1. The molecule has 0 aliphatic carbocycles. The molecule has 0 saturated heterocycles. The molecule has 9 rings (SSSR count). The van der Waals surface area contributed by atoms with Crippen LogP contribution in [0, 0.1) is 0 Å². The van der Waals surface area contributed by atoms with Crippen LogP contribution in [0.2, 0.25) is 0 Å². The van der Waals surface area contributed by atoms with Gasteiger partial charge >= 0.3 is 63.5 Å². The number of aromatic nitrogens is 4. The van der Waals surface area contributed by atoms with E-state index < -0.39 is 10.1 Å². The molecule has 1 aliphatic rings. The topological polar surface area (TPSA) is 190 Å². The summed E-state index contributed by atoms with van der Waals surface area (Å²) in [7, 11) is -3.06. The number of hydrogen-bond acceptors (Lipinski definition) is 9. The van der Waals surface area contributed by atoms with Crippen molar-refractivity contribution in [2.24, 2.45) is 0 Å². The van der Waals surface area contributed by atoms with Gasteiger partial charge in [-0.15, -0.1) is 24.0 Å². The van der Waals surface area contributed by atoms with Gasteiger partial charge in [0.1, 0.15) is 0 Å². The Kier molecular flexibility index (Phi) is 29.3. The van der Waals surface area contributed by atoms with E-state index in [1.165, 1.54) is 42.1 Å². The molecule has 3 N–H and O–H groups in total. The Morgan fingerprint density at radius 2 is 1.32 bits per heavy atom. The number of halogens is 1. The summed E-state index contributed by atoms with van der Waals surface area (Å²) in [6, 6.07) is 40.5. The van der Waals surface area contributed by atoms with Gasteiger partial charge in [0.25, 0.3) is 10.1 Å². The van der Waals surface area contributed by atoms with Gasteiger partial charge in [-0.05, 0) is 97.0 Å². The Labute approximate surface area is 448 Å². The molecule has 0 amide bonds. The Hall–Kier alpha value is -4.32. The summed E-state index contributed by atoms with van der Waals surface area (Å²) in [5.74, 6) is -0.318. The molecule has 0 saturated carbocycles. The first-order valence-electron chi connectivity index (χ1n) is 20.2. The number of aldehydes is 1. The third kappa shape index (κ3) is 20.3. The molecule has 0 bridgehead atoms. The predicted molar refractivity (Wildman–Crippen MR) is 272 cm³/mol. The fraction of sp³-hybridized carbons (Fsp3) is 0.245. The maximum Gasteiger partial charge on any atom is 1.00 e. The molecule has 0 fully saturated rings. The molecule has 13 nitrogen and oxygen atoms in total. The summed E-state index contributed by atoms with van der Waals surface area (Å²) < 4.78 is 42.9. The average Bonchev–Trinajstić information content (AvgIpc) is 4.12. The van der Waals surface area contributed by atoms with Crippen LogP contribution in [0.3, 0.4) is 0 Å². The van der Waals surface area contributed by atoms with E-state index in [-0.39, 0.29) is 111 Å². The van der Waals surface area contributed by atoms with Crippen molar-refractivity contribution in [1.29, 1.82) is 0 Å². The van der Waals surface area contributed by atoms with Crippen molar-refractivity contribution in [1.82, 2.24) is 19.5 Å². The van der Waals surface area contributed by atoms with E-state index in [1.807, 2.05) is 97.9 Å². The molecule has 4 aromatic heterocycles. The van der Waals surface area contributed by atoms with Gasteiger partial charge in [-0.25, -0.2) is 4.79 Å². The molecule has 17 heteroatoms. The second kappa shape index (κ2) is 32.4. The minimum atomic E-state index is -3.34. The summed E-state index contributed by atoms with van der Waals surface area (Å²) in [6.07, 6.45) is 10.2. The van der Waals surface area contributed by atoms with E-state index in [0.29, 0.717) is 18.7 Å². The number of hydrogen-bond donors (Lipinski definition) is 3. The van der Waals surface area contributed by atoms with E-state index in [2.05, 4.69) is 54.0 Å². The minimum Gasteiger partial charge on any atom is -1.00 e. The second-order valence-corrected chi connectivity index (χ2v) is 16.2. The average molecular weight is 1080 g/mol. The largest absolute Gasteiger partial charge is 1.00 e. The Morgan fingerprint density at radius 1 is 0.803 bits per heavy atom. The first-order valence-corrected chi connectivity index (χ1v) is 23.1. The number of aryl methyl sites for hydroxylation is 2. The molecule has 0 radical (unpaired) electrons. The number of carbonyl (C=O) groups is 2. The number of nitrogens with one attached hydrogen (secondary N) is 3.